The highest BCUT2D eigenvalue weighted by Crippen LogP contribution is 2.24. The lowest BCUT2D eigenvalue weighted by molar-refractivity contribution is -0.916. The molecule has 1 saturated heterocycles. The maximum absolute atomic E-state index is 10.3. The number of benzene rings is 1. The summed E-state index contributed by atoms with van der Waals surface area (Å²) in [5, 5.41) is 10.3. The van der Waals surface area contributed by atoms with Crippen molar-refractivity contribution < 1.29 is 14.3 Å². The normalized spacial score (nSPS) is 19.7. The molecule has 1 atom stereocenters. The number of rotatable bonds is 5. The number of aliphatic hydroxyl groups is 1. The molecule has 0 saturated carbocycles. The van der Waals surface area contributed by atoms with E-state index in [1.807, 2.05) is 12.1 Å². The van der Waals surface area contributed by atoms with Gasteiger partial charge in [-0.1, -0.05) is 32.9 Å². The highest BCUT2D eigenvalue weighted by atomic mass is 16.5. The monoisotopic (exact) mass is 306 g/mol. The molecule has 22 heavy (non-hydrogen) atoms. The van der Waals surface area contributed by atoms with Crippen LogP contribution in [0.4, 0.5) is 0 Å². The Kier molecular flexibility index (Phi) is 5.51. The van der Waals surface area contributed by atoms with Crippen LogP contribution in [0.15, 0.2) is 24.3 Å². The highest BCUT2D eigenvalue weighted by molar-refractivity contribution is 5.31. The largest absolute Gasteiger partial charge is 0.491 e. The van der Waals surface area contributed by atoms with Crippen LogP contribution in [0.1, 0.15) is 45.6 Å². The molecule has 2 rings (SSSR count). The Hall–Kier alpha value is -1.06. The molecule has 3 heteroatoms. The van der Waals surface area contributed by atoms with E-state index in [-0.39, 0.29) is 5.41 Å². The van der Waals surface area contributed by atoms with E-state index in [2.05, 4.69) is 40.0 Å². The van der Waals surface area contributed by atoms with Crippen molar-refractivity contribution in [2.24, 2.45) is 0 Å². The summed E-state index contributed by atoms with van der Waals surface area (Å²) in [5.41, 5.74) is 1.46. The topological polar surface area (TPSA) is 29.5 Å². The lowest BCUT2D eigenvalue weighted by Crippen LogP contribution is -2.52. The van der Waals surface area contributed by atoms with Gasteiger partial charge in [0.05, 0.1) is 20.1 Å². The Labute approximate surface area is 135 Å². The first-order valence-corrected chi connectivity index (χ1v) is 8.53. The van der Waals surface area contributed by atoms with Gasteiger partial charge >= 0.3 is 0 Å². The SMILES string of the molecule is CC(C)(C)c1ccc(OCC(O)C[N+]2(C)CCCCC2)cc1. The van der Waals surface area contributed by atoms with Crippen LogP contribution in [0.3, 0.4) is 0 Å². The third kappa shape index (κ3) is 4.99. The van der Waals surface area contributed by atoms with Crippen LogP contribution in [0, 0.1) is 0 Å². The minimum atomic E-state index is -0.398. The van der Waals surface area contributed by atoms with Gasteiger partial charge in [-0.25, -0.2) is 0 Å². The quantitative estimate of drug-likeness (QED) is 0.845. The number of piperidine rings is 1. The summed E-state index contributed by atoms with van der Waals surface area (Å²) in [7, 11) is 2.25. The molecule has 0 amide bonds. The molecule has 1 aromatic rings. The van der Waals surface area contributed by atoms with Gasteiger partial charge in [0.2, 0.25) is 0 Å². The summed E-state index contributed by atoms with van der Waals surface area (Å²) in [4.78, 5) is 0. The van der Waals surface area contributed by atoms with E-state index < -0.39 is 6.10 Å². The van der Waals surface area contributed by atoms with E-state index in [0.29, 0.717) is 6.61 Å². The zero-order chi connectivity index (χ0) is 16.2. The van der Waals surface area contributed by atoms with E-state index in [4.69, 9.17) is 4.74 Å². The highest BCUT2D eigenvalue weighted by Gasteiger charge is 2.27. The average Bonchev–Trinajstić information content (AvgIpc) is 2.45. The second-order valence-corrected chi connectivity index (χ2v) is 8.05. The van der Waals surface area contributed by atoms with E-state index >= 15 is 0 Å². The molecule has 0 aliphatic carbocycles. The summed E-state index contributed by atoms with van der Waals surface area (Å²) >= 11 is 0. The molecule has 1 unspecified atom stereocenters. The lowest BCUT2D eigenvalue weighted by atomic mass is 9.87. The molecule has 0 spiro atoms. The minimum Gasteiger partial charge on any atom is -0.491 e. The molecule has 0 bridgehead atoms. The number of ether oxygens (including phenoxy) is 1. The van der Waals surface area contributed by atoms with Gasteiger partial charge in [-0.15, -0.1) is 0 Å². The predicted molar refractivity (Wildman–Crippen MR) is 91.3 cm³/mol. The summed E-state index contributed by atoms with van der Waals surface area (Å²) < 4.78 is 6.74. The van der Waals surface area contributed by atoms with Gasteiger partial charge in [0.25, 0.3) is 0 Å². The number of nitrogens with zero attached hydrogens (tertiary/aromatic N) is 1. The summed E-state index contributed by atoms with van der Waals surface area (Å²) in [6.07, 6.45) is 3.49. The van der Waals surface area contributed by atoms with Gasteiger partial charge in [-0.05, 0) is 42.4 Å². The van der Waals surface area contributed by atoms with Crippen molar-refractivity contribution in [2.75, 3.05) is 33.3 Å². The molecule has 1 aromatic carbocycles. The third-order valence-corrected chi connectivity index (χ3v) is 4.71. The molecule has 1 aliphatic heterocycles. The fraction of sp³-hybridized carbons (Fsp3) is 0.684. The van der Waals surface area contributed by atoms with Crippen molar-refractivity contribution in [2.45, 2.75) is 51.6 Å². The Bertz CT molecular complexity index is 455. The van der Waals surface area contributed by atoms with Crippen LogP contribution >= 0.6 is 0 Å². The van der Waals surface area contributed by atoms with Crippen LogP contribution in [-0.4, -0.2) is 49.0 Å². The van der Waals surface area contributed by atoms with Gasteiger partial charge < -0.3 is 14.3 Å². The molecule has 1 N–H and O–H groups in total. The second-order valence-electron chi connectivity index (χ2n) is 8.05. The number of hydrogen-bond acceptors (Lipinski definition) is 2. The molecule has 124 valence electrons. The molecule has 1 fully saturated rings. The molecular weight excluding hydrogens is 274 g/mol. The predicted octanol–water partition coefficient (Wildman–Crippen LogP) is 3.35. The molecule has 1 heterocycles. The molecule has 0 aromatic heterocycles. The first-order chi connectivity index (χ1) is 10.3. The Morgan fingerprint density at radius 1 is 1.09 bits per heavy atom. The zero-order valence-electron chi connectivity index (χ0n) is 14.6. The summed E-state index contributed by atoms with van der Waals surface area (Å²) in [6.45, 7) is 10.1. The van der Waals surface area contributed by atoms with Gasteiger partial charge in [-0.2, -0.15) is 0 Å². The Morgan fingerprint density at radius 3 is 2.23 bits per heavy atom. The van der Waals surface area contributed by atoms with Crippen molar-refractivity contribution >= 4 is 0 Å². The fourth-order valence-corrected chi connectivity index (χ4v) is 3.26. The van der Waals surface area contributed by atoms with Gasteiger partial charge in [0.1, 0.15) is 25.0 Å². The standard InChI is InChI=1S/C19H32NO2/c1-19(2,3)16-8-10-18(11-9-16)22-15-17(21)14-20(4)12-6-5-7-13-20/h8-11,17,21H,5-7,12-15H2,1-4H3/q+1. The van der Waals surface area contributed by atoms with E-state index in [9.17, 15) is 5.11 Å². The number of likely N-dealkylation sites (tertiary alicyclic amines) is 1. The fourth-order valence-electron chi connectivity index (χ4n) is 3.26. The summed E-state index contributed by atoms with van der Waals surface area (Å²) in [6, 6.07) is 8.23. The molecule has 1 aliphatic rings. The second kappa shape index (κ2) is 7.01. The van der Waals surface area contributed by atoms with Crippen molar-refractivity contribution in [3.63, 3.8) is 0 Å². The molecule has 3 nitrogen and oxygen atoms in total. The van der Waals surface area contributed by atoms with Gasteiger partial charge in [0.15, 0.2) is 0 Å². The minimum absolute atomic E-state index is 0.158. The Morgan fingerprint density at radius 2 is 1.68 bits per heavy atom. The first-order valence-electron chi connectivity index (χ1n) is 8.53. The number of likely N-dealkylation sites (N-methyl/N-ethyl adjacent to an activating group) is 1. The van der Waals surface area contributed by atoms with Crippen LogP contribution in [-0.2, 0) is 5.41 Å². The van der Waals surface area contributed by atoms with Crippen molar-refractivity contribution in [3.8, 4) is 5.75 Å². The van der Waals surface area contributed by atoms with Crippen molar-refractivity contribution in [1.29, 1.82) is 0 Å². The smallest absolute Gasteiger partial charge is 0.137 e. The molecular formula is C19H32NO2+. The lowest BCUT2D eigenvalue weighted by Gasteiger charge is -2.39. The Balaban J connectivity index is 1.82. The maximum atomic E-state index is 10.3. The number of quaternary nitrogens is 1. The van der Waals surface area contributed by atoms with E-state index in [0.717, 1.165) is 16.8 Å². The maximum Gasteiger partial charge on any atom is 0.137 e. The van der Waals surface area contributed by atoms with Crippen LogP contribution < -0.4 is 4.74 Å². The third-order valence-electron chi connectivity index (χ3n) is 4.71. The van der Waals surface area contributed by atoms with E-state index in [1.54, 1.807) is 0 Å². The van der Waals surface area contributed by atoms with Crippen molar-refractivity contribution in [1.82, 2.24) is 0 Å². The van der Waals surface area contributed by atoms with Crippen LogP contribution in [0.5, 0.6) is 5.75 Å². The summed E-state index contributed by atoms with van der Waals surface area (Å²) in [5.74, 6) is 0.841. The van der Waals surface area contributed by atoms with Crippen LogP contribution in [0.25, 0.3) is 0 Å². The zero-order valence-corrected chi connectivity index (χ0v) is 14.6. The average molecular weight is 306 g/mol. The van der Waals surface area contributed by atoms with Gasteiger partial charge in [0, 0.05) is 0 Å². The number of hydrogen-bond donors (Lipinski definition) is 1. The van der Waals surface area contributed by atoms with E-state index in [1.165, 1.54) is 37.9 Å². The van der Waals surface area contributed by atoms with Crippen LogP contribution in [0.2, 0.25) is 0 Å². The van der Waals surface area contributed by atoms with Crippen molar-refractivity contribution in [3.05, 3.63) is 29.8 Å². The molecule has 0 radical (unpaired) electrons. The van der Waals surface area contributed by atoms with Gasteiger partial charge in [-0.3, -0.25) is 0 Å². The number of aliphatic hydroxyl groups excluding tert-OH is 1. The first kappa shape index (κ1) is 17.3.